The molecule has 6 nitrogen and oxygen atoms in total. The minimum absolute atomic E-state index is 0.0462. The van der Waals surface area contributed by atoms with Gasteiger partial charge in [0, 0.05) is 41.2 Å². The molecule has 3 aromatic rings. The van der Waals surface area contributed by atoms with Crippen LogP contribution in [0, 0.1) is 0 Å². The molecule has 1 aliphatic carbocycles. The molecule has 1 aliphatic rings. The summed E-state index contributed by atoms with van der Waals surface area (Å²) in [6, 6.07) is 8.17. The fraction of sp³-hybridized carbons (Fsp3) is 0.364. The lowest BCUT2D eigenvalue weighted by Gasteiger charge is -2.12. The smallest absolute Gasteiger partial charge is 0.250 e. The van der Waals surface area contributed by atoms with E-state index in [0.29, 0.717) is 24.4 Å². The van der Waals surface area contributed by atoms with Gasteiger partial charge in [0.05, 0.1) is 22.0 Å². The average molecular weight is 446 g/mol. The highest BCUT2D eigenvalue weighted by atomic mass is 35.5. The van der Waals surface area contributed by atoms with E-state index in [1.165, 1.54) is 6.07 Å². The second kappa shape index (κ2) is 8.40. The molecule has 1 saturated carbocycles. The molecule has 2 heterocycles. The van der Waals surface area contributed by atoms with Gasteiger partial charge in [0.15, 0.2) is 9.84 Å². The van der Waals surface area contributed by atoms with Gasteiger partial charge in [0.1, 0.15) is 0 Å². The van der Waals surface area contributed by atoms with Crippen molar-refractivity contribution in [1.29, 1.82) is 0 Å². The van der Waals surface area contributed by atoms with Crippen LogP contribution in [-0.4, -0.2) is 28.0 Å². The van der Waals surface area contributed by atoms with Gasteiger partial charge >= 0.3 is 0 Å². The van der Waals surface area contributed by atoms with Crippen molar-refractivity contribution >= 4 is 21.4 Å². The molecule has 4 rings (SSSR count). The van der Waals surface area contributed by atoms with Gasteiger partial charge in [0.25, 0.3) is 5.56 Å². The largest absolute Gasteiger partial charge is 0.313 e. The van der Waals surface area contributed by atoms with Crippen LogP contribution in [0.2, 0.25) is 5.02 Å². The molecule has 158 valence electrons. The number of nitrogens with zero attached hydrogens (tertiary/aromatic N) is 3. The van der Waals surface area contributed by atoms with Gasteiger partial charge < -0.3 is 4.57 Å². The van der Waals surface area contributed by atoms with E-state index in [9.17, 15) is 13.2 Å². The number of hydrogen-bond acceptors (Lipinski definition) is 4. The van der Waals surface area contributed by atoms with Gasteiger partial charge in [-0.05, 0) is 37.5 Å². The average Bonchev–Trinajstić information content (AvgIpc) is 3.42. The highest BCUT2D eigenvalue weighted by molar-refractivity contribution is 7.92. The zero-order valence-corrected chi connectivity index (χ0v) is 18.4. The highest BCUT2D eigenvalue weighted by Crippen LogP contribution is 2.34. The van der Waals surface area contributed by atoms with Crippen LogP contribution < -0.4 is 5.56 Å². The first-order valence-electron chi connectivity index (χ1n) is 10.2. The first-order valence-corrected chi connectivity index (χ1v) is 12.1. The summed E-state index contributed by atoms with van der Waals surface area (Å²) in [6.07, 6.45) is 9.50. The molecule has 30 heavy (non-hydrogen) atoms. The molecular weight excluding hydrogens is 422 g/mol. The van der Waals surface area contributed by atoms with Gasteiger partial charge in [-0.2, -0.15) is 5.10 Å². The Morgan fingerprint density at radius 2 is 1.90 bits per heavy atom. The van der Waals surface area contributed by atoms with Crippen LogP contribution >= 0.6 is 11.6 Å². The maximum Gasteiger partial charge on any atom is 0.250 e. The number of aryl methyl sites for hydroxylation is 1. The van der Waals surface area contributed by atoms with E-state index in [-0.39, 0.29) is 15.7 Å². The van der Waals surface area contributed by atoms with Crippen LogP contribution in [0.25, 0.3) is 16.8 Å². The molecule has 0 atom stereocenters. The highest BCUT2D eigenvalue weighted by Gasteiger charge is 2.30. The number of rotatable bonds is 6. The lowest BCUT2D eigenvalue weighted by molar-refractivity contribution is 0.579. The fourth-order valence-electron chi connectivity index (χ4n) is 3.97. The summed E-state index contributed by atoms with van der Waals surface area (Å²) >= 11 is 6.47. The zero-order chi connectivity index (χ0) is 21.3. The van der Waals surface area contributed by atoms with E-state index in [2.05, 4.69) is 5.10 Å². The predicted molar refractivity (Wildman–Crippen MR) is 118 cm³/mol. The second-order valence-electron chi connectivity index (χ2n) is 7.69. The summed E-state index contributed by atoms with van der Waals surface area (Å²) in [5.74, 6) is 0. The standard InChI is InChI=1S/C22H24ClN3O3S/c1-2-11-25-15-17(7-10-22(25)27)26-14-16(13-24-26)20-9-8-19(12-21(20)23)30(28,29)18-5-3-4-6-18/h7-10,12-15,18H,2-6,11H2,1H3. The van der Waals surface area contributed by atoms with Crippen molar-refractivity contribution in [2.45, 2.75) is 55.7 Å². The second-order valence-corrected chi connectivity index (χ2v) is 10.3. The van der Waals surface area contributed by atoms with E-state index in [1.807, 2.05) is 13.1 Å². The number of halogens is 1. The van der Waals surface area contributed by atoms with Crippen molar-refractivity contribution in [1.82, 2.24) is 14.3 Å². The quantitative estimate of drug-likeness (QED) is 0.560. The molecule has 0 aliphatic heterocycles. The monoisotopic (exact) mass is 445 g/mol. The van der Waals surface area contributed by atoms with E-state index in [1.54, 1.807) is 45.9 Å². The summed E-state index contributed by atoms with van der Waals surface area (Å²) in [4.78, 5) is 12.2. The van der Waals surface area contributed by atoms with Crippen molar-refractivity contribution in [2.75, 3.05) is 0 Å². The zero-order valence-electron chi connectivity index (χ0n) is 16.8. The van der Waals surface area contributed by atoms with Gasteiger partial charge in [0.2, 0.25) is 0 Å². The number of benzene rings is 1. The first-order chi connectivity index (χ1) is 14.4. The minimum atomic E-state index is -3.35. The number of pyridine rings is 1. The lowest BCUT2D eigenvalue weighted by Crippen LogP contribution is -2.19. The third-order valence-corrected chi connectivity index (χ3v) is 8.17. The van der Waals surface area contributed by atoms with Crippen molar-refractivity contribution in [2.24, 2.45) is 0 Å². The lowest BCUT2D eigenvalue weighted by atomic mass is 10.1. The van der Waals surface area contributed by atoms with Gasteiger partial charge in [-0.1, -0.05) is 37.4 Å². The summed E-state index contributed by atoms with van der Waals surface area (Å²) in [5.41, 5.74) is 2.22. The summed E-state index contributed by atoms with van der Waals surface area (Å²) in [7, 11) is -3.35. The van der Waals surface area contributed by atoms with Crippen LogP contribution in [-0.2, 0) is 16.4 Å². The van der Waals surface area contributed by atoms with Gasteiger partial charge in [-0.25, -0.2) is 13.1 Å². The summed E-state index contributed by atoms with van der Waals surface area (Å²) in [5, 5.41) is 4.47. The predicted octanol–water partition coefficient (Wildman–Crippen LogP) is 4.48. The maximum absolute atomic E-state index is 12.8. The summed E-state index contributed by atoms with van der Waals surface area (Å²) < 4.78 is 29.0. The summed E-state index contributed by atoms with van der Waals surface area (Å²) in [6.45, 7) is 2.66. The van der Waals surface area contributed by atoms with Crippen molar-refractivity contribution < 1.29 is 8.42 Å². The number of aromatic nitrogens is 3. The molecule has 0 radical (unpaired) electrons. The Morgan fingerprint density at radius 1 is 1.13 bits per heavy atom. The molecule has 0 amide bonds. The van der Waals surface area contributed by atoms with Gasteiger partial charge in [-0.15, -0.1) is 0 Å². The Morgan fingerprint density at radius 3 is 2.60 bits per heavy atom. The van der Waals surface area contributed by atoms with E-state index in [4.69, 9.17) is 11.6 Å². The fourth-order valence-corrected chi connectivity index (χ4v) is 6.20. The maximum atomic E-state index is 12.8. The molecule has 8 heteroatoms. The van der Waals surface area contributed by atoms with Crippen LogP contribution in [0.1, 0.15) is 39.0 Å². The molecule has 0 N–H and O–H groups in total. The minimum Gasteiger partial charge on any atom is -0.313 e. The van der Waals surface area contributed by atoms with Gasteiger partial charge in [-0.3, -0.25) is 4.79 Å². The number of sulfone groups is 1. The van der Waals surface area contributed by atoms with Crippen LogP contribution in [0.3, 0.4) is 0 Å². The Kier molecular flexibility index (Phi) is 5.84. The third kappa shape index (κ3) is 3.96. The molecule has 1 aromatic carbocycles. The Hall–Kier alpha value is -2.38. The SMILES string of the molecule is CCCn1cc(-n2cc(-c3ccc(S(=O)(=O)C4CCCC4)cc3Cl)cn2)ccc1=O. The van der Waals surface area contributed by atoms with Crippen LogP contribution in [0.4, 0.5) is 0 Å². The van der Waals surface area contributed by atoms with Crippen LogP contribution in [0.15, 0.2) is 58.6 Å². The molecule has 0 spiro atoms. The Bertz CT molecular complexity index is 1220. The molecule has 0 bridgehead atoms. The van der Waals surface area contributed by atoms with Crippen LogP contribution in [0.5, 0.6) is 0 Å². The van der Waals surface area contributed by atoms with E-state index in [0.717, 1.165) is 36.1 Å². The van der Waals surface area contributed by atoms with Crippen molar-refractivity contribution in [3.05, 3.63) is 64.3 Å². The van der Waals surface area contributed by atoms with E-state index >= 15 is 0 Å². The molecule has 1 fully saturated rings. The van der Waals surface area contributed by atoms with Crippen molar-refractivity contribution in [3.8, 4) is 16.8 Å². The normalized spacial score (nSPS) is 15.0. The Balaban J connectivity index is 1.64. The molecule has 2 aromatic heterocycles. The van der Waals surface area contributed by atoms with Crippen molar-refractivity contribution in [3.63, 3.8) is 0 Å². The Labute approximate surface area is 181 Å². The molecular formula is C22H24ClN3O3S. The molecule has 0 unspecified atom stereocenters. The number of hydrogen-bond donors (Lipinski definition) is 0. The topological polar surface area (TPSA) is 74.0 Å². The first kappa shape index (κ1) is 20.9. The van der Waals surface area contributed by atoms with E-state index < -0.39 is 9.84 Å². The third-order valence-electron chi connectivity index (χ3n) is 5.60. The molecule has 0 saturated heterocycles.